The Bertz CT molecular complexity index is 812. The molecule has 0 aliphatic heterocycles. The topological polar surface area (TPSA) is 83.6 Å². The largest absolute Gasteiger partial charge is 0.463 e. The summed E-state index contributed by atoms with van der Waals surface area (Å²) in [6, 6.07) is 16.4. The Kier molecular flexibility index (Phi) is 5.29. The van der Waals surface area contributed by atoms with Gasteiger partial charge in [0.25, 0.3) is 5.91 Å². The third kappa shape index (κ3) is 4.59. The van der Waals surface area contributed by atoms with Crippen molar-refractivity contribution in [3.8, 4) is 6.07 Å². The summed E-state index contributed by atoms with van der Waals surface area (Å²) in [5, 5.41) is 11.9. The minimum Gasteiger partial charge on any atom is -0.463 e. The van der Waals surface area contributed by atoms with Gasteiger partial charge in [-0.25, -0.2) is 0 Å². The van der Waals surface area contributed by atoms with Crippen molar-refractivity contribution >= 4 is 11.6 Å². The van der Waals surface area contributed by atoms with Gasteiger partial charge in [-0.2, -0.15) is 5.26 Å². The summed E-state index contributed by atoms with van der Waals surface area (Å²) in [6.45, 7) is 1.34. The monoisotopic (exact) mass is 336 g/mol. The molecule has 0 radical (unpaired) electrons. The van der Waals surface area contributed by atoms with Crippen molar-refractivity contribution in [2.24, 2.45) is 0 Å². The van der Waals surface area contributed by atoms with E-state index in [0.717, 1.165) is 16.4 Å². The highest BCUT2D eigenvalue weighted by Gasteiger charge is 2.19. The molecule has 0 aliphatic carbocycles. The van der Waals surface area contributed by atoms with Gasteiger partial charge in [0, 0.05) is 0 Å². The average Bonchev–Trinajstić information content (AvgIpc) is 3.29. The zero-order valence-electron chi connectivity index (χ0n) is 13.6. The number of para-hydroxylation sites is 1. The normalized spacial score (nSPS) is 10.6. The second-order valence-corrected chi connectivity index (χ2v) is 5.64. The highest BCUT2D eigenvalue weighted by Crippen LogP contribution is 2.12. The average molecular weight is 336 g/mol. The molecule has 1 aromatic carbocycles. The number of nitrogens with zero attached hydrogens (tertiary/aromatic N) is 1. The summed E-state index contributed by atoms with van der Waals surface area (Å²) >= 11 is 0. The molecule has 2 heterocycles. The Morgan fingerprint density at radius 1 is 1.00 bits per heavy atom. The number of amides is 1. The number of carbonyl (C=O) groups is 1. The van der Waals surface area contributed by atoms with E-state index in [2.05, 4.69) is 11.4 Å². The van der Waals surface area contributed by atoms with Crippen molar-refractivity contribution < 1.29 is 18.5 Å². The van der Waals surface area contributed by atoms with E-state index in [-0.39, 0.29) is 12.5 Å². The smallest absolute Gasteiger partial charge is 0.279 e. The molecule has 0 fully saturated rings. The van der Waals surface area contributed by atoms with E-state index in [1.807, 2.05) is 24.3 Å². The second-order valence-electron chi connectivity index (χ2n) is 5.64. The van der Waals surface area contributed by atoms with Crippen molar-refractivity contribution in [3.05, 3.63) is 78.1 Å². The number of nitrogens with one attached hydrogen (secondary N) is 2. The predicted molar refractivity (Wildman–Crippen MR) is 90.4 cm³/mol. The molecule has 2 N–H and O–H groups in total. The van der Waals surface area contributed by atoms with Crippen LogP contribution in [-0.4, -0.2) is 12.5 Å². The summed E-state index contributed by atoms with van der Waals surface area (Å²) in [5.41, 5.74) is 0.958. The third-order valence-electron chi connectivity index (χ3n) is 3.74. The van der Waals surface area contributed by atoms with Gasteiger partial charge in [-0.3, -0.25) is 4.79 Å². The van der Waals surface area contributed by atoms with Crippen LogP contribution in [0.3, 0.4) is 0 Å². The second kappa shape index (κ2) is 7.99. The van der Waals surface area contributed by atoms with E-state index in [4.69, 9.17) is 14.1 Å². The van der Waals surface area contributed by atoms with E-state index < -0.39 is 0 Å². The number of benzene rings is 1. The first-order valence-electron chi connectivity index (χ1n) is 7.92. The lowest BCUT2D eigenvalue weighted by Gasteiger charge is -2.17. The molecular formula is C19H18N3O3+. The summed E-state index contributed by atoms with van der Waals surface area (Å²) in [5.74, 6) is 1.43. The predicted octanol–water partition coefficient (Wildman–Crippen LogP) is 1.97. The number of hydrogen-bond acceptors (Lipinski definition) is 4. The van der Waals surface area contributed by atoms with Crippen LogP contribution in [0.4, 0.5) is 5.69 Å². The molecule has 1 amide bonds. The van der Waals surface area contributed by atoms with Gasteiger partial charge in [0.15, 0.2) is 18.1 Å². The van der Waals surface area contributed by atoms with Crippen LogP contribution < -0.4 is 10.2 Å². The summed E-state index contributed by atoms with van der Waals surface area (Å²) < 4.78 is 10.8. The van der Waals surface area contributed by atoms with E-state index in [1.54, 1.807) is 36.8 Å². The Morgan fingerprint density at radius 2 is 1.64 bits per heavy atom. The number of carbonyl (C=O) groups excluding carboxylic acids is 1. The van der Waals surface area contributed by atoms with Crippen molar-refractivity contribution in [1.82, 2.24) is 0 Å². The molecule has 6 nitrogen and oxygen atoms in total. The minimum absolute atomic E-state index is 0.171. The quantitative estimate of drug-likeness (QED) is 0.691. The molecule has 126 valence electrons. The number of furan rings is 2. The fourth-order valence-electron chi connectivity index (χ4n) is 2.62. The summed E-state index contributed by atoms with van der Waals surface area (Å²) in [6.07, 6.45) is 3.23. The first-order chi connectivity index (χ1) is 12.2. The fraction of sp³-hybridized carbons (Fsp3) is 0.158. The number of quaternary nitrogens is 1. The van der Waals surface area contributed by atoms with E-state index >= 15 is 0 Å². The molecule has 0 unspecified atom stereocenters. The van der Waals surface area contributed by atoms with Crippen molar-refractivity contribution in [1.29, 1.82) is 5.26 Å². The Labute approximate surface area is 145 Å². The molecule has 0 aliphatic rings. The maximum Gasteiger partial charge on any atom is 0.279 e. The van der Waals surface area contributed by atoms with Gasteiger partial charge < -0.3 is 19.1 Å². The third-order valence-corrected chi connectivity index (χ3v) is 3.74. The van der Waals surface area contributed by atoms with Gasteiger partial charge in [-0.15, -0.1) is 0 Å². The van der Waals surface area contributed by atoms with Crippen LogP contribution in [0.25, 0.3) is 0 Å². The Balaban J connectivity index is 1.68. The molecule has 3 aromatic rings. The minimum atomic E-state index is -0.171. The summed E-state index contributed by atoms with van der Waals surface area (Å²) in [7, 11) is 0. The zero-order valence-corrected chi connectivity index (χ0v) is 13.6. The molecule has 0 saturated heterocycles. The maximum atomic E-state index is 12.4. The van der Waals surface area contributed by atoms with Crippen LogP contribution in [-0.2, 0) is 17.9 Å². The van der Waals surface area contributed by atoms with Crippen molar-refractivity contribution in [2.45, 2.75) is 13.1 Å². The van der Waals surface area contributed by atoms with E-state index in [9.17, 15) is 4.79 Å². The highest BCUT2D eigenvalue weighted by molar-refractivity contribution is 5.92. The lowest BCUT2D eigenvalue weighted by atomic mass is 10.2. The van der Waals surface area contributed by atoms with Crippen molar-refractivity contribution in [3.63, 3.8) is 0 Å². The SMILES string of the molecule is N#Cc1ccccc1NC(=O)C[NH+](Cc1ccco1)Cc1ccco1. The van der Waals surface area contributed by atoms with Crippen LogP contribution >= 0.6 is 0 Å². The first-order valence-corrected chi connectivity index (χ1v) is 7.92. The number of nitriles is 1. The van der Waals surface area contributed by atoms with Crippen LogP contribution in [0.5, 0.6) is 0 Å². The van der Waals surface area contributed by atoms with Gasteiger partial charge in [0.1, 0.15) is 19.2 Å². The molecule has 0 spiro atoms. The van der Waals surface area contributed by atoms with Crippen LogP contribution in [0.2, 0.25) is 0 Å². The van der Waals surface area contributed by atoms with Crippen LogP contribution in [0.1, 0.15) is 17.1 Å². The molecular weight excluding hydrogens is 318 g/mol. The number of rotatable bonds is 7. The number of hydrogen-bond donors (Lipinski definition) is 2. The molecule has 2 aromatic heterocycles. The van der Waals surface area contributed by atoms with Crippen LogP contribution in [0, 0.1) is 11.3 Å². The molecule has 6 heteroatoms. The van der Waals surface area contributed by atoms with Gasteiger partial charge in [-0.05, 0) is 36.4 Å². The number of anilines is 1. The van der Waals surface area contributed by atoms with Gasteiger partial charge in [-0.1, -0.05) is 12.1 Å². The van der Waals surface area contributed by atoms with Gasteiger partial charge in [0.05, 0.1) is 23.8 Å². The van der Waals surface area contributed by atoms with E-state index in [1.165, 1.54) is 0 Å². The maximum absolute atomic E-state index is 12.4. The standard InChI is InChI=1S/C19H17N3O3/c20-11-15-5-1-2-8-18(15)21-19(23)14-22(12-16-6-3-9-24-16)13-17-7-4-10-25-17/h1-10H,12-14H2,(H,21,23)/p+1. The van der Waals surface area contributed by atoms with Crippen LogP contribution in [0.15, 0.2) is 69.9 Å². The molecule has 25 heavy (non-hydrogen) atoms. The lowest BCUT2D eigenvalue weighted by molar-refractivity contribution is -0.921. The Morgan fingerprint density at radius 3 is 2.20 bits per heavy atom. The fourth-order valence-corrected chi connectivity index (χ4v) is 2.62. The van der Waals surface area contributed by atoms with Gasteiger partial charge >= 0.3 is 0 Å². The zero-order chi connectivity index (χ0) is 17.5. The molecule has 3 rings (SSSR count). The molecule has 0 atom stereocenters. The molecule has 0 bridgehead atoms. The Hall–Kier alpha value is -3.30. The van der Waals surface area contributed by atoms with Gasteiger partial charge in [0.2, 0.25) is 0 Å². The van der Waals surface area contributed by atoms with Crippen molar-refractivity contribution in [2.75, 3.05) is 11.9 Å². The lowest BCUT2D eigenvalue weighted by Crippen LogP contribution is -3.10. The van der Waals surface area contributed by atoms with E-state index in [0.29, 0.717) is 24.3 Å². The highest BCUT2D eigenvalue weighted by atomic mass is 16.3. The first kappa shape index (κ1) is 16.6. The summed E-state index contributed by atoms with van der Waals surface area (Å²) in [4.78, 5) is 13.4. The molecule has 0 saturated carbocycles.